The lowest BCUT2D eigenvalue weighted by Crippen LogP contribution is -2.31. The van der Waals surface area contributed by atoms with E-state index in [-0.39, 0.29) is 17.7 Å². The summed E-state index contributed by atoms with van der Waals surface area (Å²) in [7, 11) is 0.515. The van der Waals surface area contributed by atoms with Gasteiger partial charge in [0.25, 0.3) is 0 Å². The van der Waals surface area contributed by atoms with E-state index in [1.807, 2.05) is 6.92 Å². The molecule has 0 aromatic rings. The quantitative estimate of drug-likeness (QED) is 0.547. The Morgan fingerprint density at radius 2 is 2.25 bits per heavy atom. The largest absolute Gasteiger partial charge is 0.385 e. The Bertz CT molecular complexity index is 222. The lowest BCUT2D eigenvalue weighted by Gasteiger charge is -2.06. The molecule has 0 bridgehead atoms. The molecule has 0 aliphatic rings. The van der Waals surface area contributed by atoms with Gasteiger partial charge in [0.1, 0.15) is 5.75 Å². The normalized spacial score (nSPS) is 14.4. The highest BCUT2D eigenvalue weighted by Crippen LogP contribution is 1.91. The minimum Gasteiger partial charge on any atom is -0.385 e. The molecule has 16 heavy (non-hydrogen) atoms. The first kappa shape index (κ1) is 15.5. The first-order valence-electron chi connectivity index (χ1n) is 5.42. The lowest BCUT2D eigenvalue weighted by atomic mass is 10.3. The molecule has 6 heteroatoms. The second kappa shape index (κ2) is 9.74. The minimum atomic E-state index is -1.10. The van der Waals surface area contributed by atoms with E-state index in [0.717, 1.165) is 6.42 Å². The molecule has 0 heterocycles. The first-order valence-corrected chi connectivity index (χ1v) is 6.91. The summed E-state index contributed by atoms with van der Waals surface area (Å²) in [5, 5.41) is 2.69. The van der Waals surface area contributed by atoms with Gasteiger partial charge in [-0.2, -0.15) is 0 Å². The molecule has 0 aliphatic carbocycles. The van der Waals surface area contributed by atoms with Crippen molar-refractivity contribution < 1.29 is 13.7 Å². The fraction of sp³-hybridized carbons (Fsp3) is 0.900. The van der Waals surface area contributed by atoms with E-state index >= 15 is 0 Å². The summed E-state index contributed by atoms with van der Waals surface area (Å²) in [6, 6.07) is 0.0358. The number of nitrogens with one attached hydrogen (secondary N) is 1. The van der Waals surface area contributed by atoms with Crippen molar-refractivity contribution in [3.8, 4) is 0 Å². The van der Waals surface area contributed by atoms with Crippen LogP contribution in [0.4, 0.5) is 0 Å². The average molecular weight is 250 g/mol. The summed E-state index contributed by atoms with van der Waals surface area (Å²) in [6.45, 7) is 3.05. The maximum atomic E-state index is 11.4. The van der Waals surface area contributed by atoms with Gasteiger partial charge >= 0.3 is 0 Å². The smallest absolute Gasteiger partial charge is 0.232 e. The van der Waals surface area contributed by atoms with Crippen LogP contribution in [-0.2, 0) is 20.3 Å². The van der Waals surface area contributed by atoms with Crippen LogP contribution >= 0.6 is 0 Å². The topological polar surface area (TPSA) is 81.4 Å². The van der Waals surface area contributed by atoms with Gasteiger partial charge in [-0.05, 0) is 19.8 Å². The highest BCUT2D eigenvalue weighted by atomic mass is 32.2. The van der Waals surface area contributed by atoms with Gasteiger partial charge in [0.05, 0.1) is 0 Å². The first-order chi connectivity index (χ1) is 7.56. The molecule has 0 aliphatic heterocycles. The molecule has 0 rings (SSSR count). The van der Waals surface area contributed by atoms with Crippen LogP contribution in [0.1, 0.15) is 19.8 Å². The van der Waals surface area contributed by atoms with Gasteiger partial charge < -0.3 is 15.8 Å². The van der Waals surface area contributed by atoms with Gasteiger partial charge in [-0.15, -0.1) is 0 Å². The third-order valence-corrected chi connectivity index (χ3v) is 3.22. The Kier molecular flexibility index (Phi) is 9.46. The summed E-state index contributed by atoms with van der Waals surface area (Å²) in [6.07, 6.45) is 1.46. The van der Waals surface area contributed by atoms with Crippen LogP contribution in [0.15, 0.2) is 0 Å². The third-order valence-electron chi connectivity index (χ3n) is 1.94. The molecule has 2 atom stereocenters. The Balaban J connectivity index is 3.51. The summed E-state index contributed by atoms with van der Waals surface area (Å²) >= 11 is 0. The third kappa shape index (κ3) is 10.1. The SMILES string of the molecule is COCCCNC(=O)CS(=O)CCC(C)N. The molecular weight excluding hydrogens is 228 g/mol. The number of carbonyl (C=O) groups excluding carboxylic acids is 1. The van der Waals surface area contributed by atoms with E-state index in [2.05, 4.69) is 5.32 Å². The molecule has 96 valence electrons. The summed E-state index contributed by atoms with van der Waals surface area (Å²) in [4.78, 5) is 11.3. The summed E-state index contributed by atoms with van der Waals surface area (Å²) in [5.74, 6) is 0.391. The van der Waals surface area contributed by atoms with E-state index in [0.29, 0.717) is 25.3 Å². The molecule has 1 amide bonds. The monoisotopic (exact) mass is 250 g/mol. The van der Waals surface area contributed by atoms with Crippen LogP contribution in [0, 0.1) is 0 Å². The lowest BCUT2D eigenvalue weighted by molar-refractivity contribution is -0.118. The Labute approximate surface area is 99.6 Å². The van der Waals surface area contributed by atoms with Crippen LogP contribution in [0.2, 0.25) is 0 Å². The van der Waals surface area contributed by atoms with Crippen LogP contribution in [0.25, 0.3) is 0 Å². The molecular formula is C10H22N2O3S. The number of nitrogens with two attached hydrogens (primary N) is 1. The van der Waals surface area contributed by atoms with Crippen molar-refractivity contribution in [1.29, 1.82) is 0 Å². The van der Waals surface area contributed by atoms with Gasteiger partial charge in [-0.1, -0.05) is 0 Å². The number of hydrogen-bond donors (Lipinski definition) is 2. The minimum absolute atomic E-state index is 0.0358. The zero-order valence-electron chi connectivity index (χ0n) is 10.0. The highest BCUT2D eigenvalue weighted by molar-refractivity contribution is 7.85. The maximum Gasteiger partial charge on any atom is 0.232 e. The number of hydrogen-bond acceptors (Lipinski definition) is 4. The van der Waals surface area contributed by atoms with Crippen LogP contribution < -0.4 is 11.1 Å². The zero-order chi connectivity index (χ0) is 12.4. The number of rotatable bonds is 9. The number of carbonyl (C=O) groups is 1. The fourth-order valence-electron chi connectivity index (χ4n) is 1.03. The van der Waals surface area contributed by atoms with Gasteiger partial charge in [0, 0.05) is 42.9 Å². The number of methoxy groups -OCH3 is 1. The van der Waals surface area contributed by atoms with Crippen LogP contribution in [0.5, 0.6) is 0 Å². The average Bonchev–Trinajstić information content (AvgIpc) is 2.21. The molecule has 0 saturated heterocycles. The second-order valence-electron chi connectivity index (χ2n) is 3.75. The Morgan fingerprint density at radius 3 is 2.81 bits per heavy atom. The Morgan fingerprint density at radius 1 is 1.56 bits per heavy atom. The van der Waals surface area contributed by atoms with E-state index in [9.17, 15) is 9.00 Å². The van der Waals surface area contributed by atoms with E-state index in [1.165, 1.54) is 0 Å². The van der Waals surface area contributed by atoms with Gasteiger partial charge in [0.2, 0.25) is 5.91 Å². The Hall–Kier alpha value is -0.460. The van der Waals surface area contributed by atoms with Gasteiger partial charge in [-0.3, -0.25) is 9.00 Å². The van der Waals surface area contributed by atoms with Crippen molar-refractivity contribution >= 4 is 16.7 Å². The van der Waals surface area contributed by atoms with E-state index in [4.69, 9.17) is 10.5 Å². The predicted molar refractivity (Wildman–Crippen MR) is 65.6 cm³/mol. The van der Waals surface area contributed by atoms with Crippen molar-refractivity contribution in [3.63, 3.8) is 0 Å². The number of amides is 1. The molecule has 0 spiro atoms. The van der Waals surface area contributed by atoms with Gasteiger partial charge in [-0.25, -0.2) is 0 Å². The zero-order valence-corrected chi connectivity index (χ0v) is 10.8. The maximum absolute atomic E-state index is 11.4. The molecule has 0 saturated carbocycles. The standard InChI is InChI=1S/C10H22N2O3S/c1-9(11)4-7-16(14)8-10(13)12-5-3-6-15-2/h9H,3-8,11H2,1-2H3,(H,12,13). The highest BCUT2D eigenvalue weighted by Gasteiger charge is 2.08. The molecule has 3 N–H and O–H groups in total. The van der Waals surface area contributed by atoms with Gasteiger partial charge in [0.15, 0.2) is 0 Å². The molecule has 0 radical (unpaired) electrons. The van der Waals surface area contributed by atoms with Crippen molar-refractivity contribution in [2.45, 2.75) is 25.8 Å². The molecule has 0 aromatic carbocycles. The van der Waals surface area contributed by atoms with E-state index < -0.39 is 10.8 Å². The second-order valence-corrected chi connectivity index (χ2v) is 5.33. The fourth-order valence-corrected chi connectivity index (χ4v) is 2.20. The van der Waals surface area contributed by atoms with E-state index in [1.54, 1.807) is 7.11 Å². The molecule has 0 fully saturated rings. The van der Waals surface area contributed by atoms with Crippen LogP contribution in [-0.4, -0.2) is 47.9 Å². The predicted octanol–water partition coefficient (Wildman–Crippen LogP) is -0.375. The molecule has 0 aromatic heterocycles. The number of ether oxygens (including phenoxy) is 1. The van der Waals surface area contributed by atoms with Crippen LogP contribution in [0.3, 0.4) is 0 Å². The van der Waals surface area contributed by atoms with Crippen molar-refractivity contribution in [2.75, 3.05) is 31.8 Å². The molecule has 5 nitrogen and oxygen atoms in total. The van der Waals surface area contributed by atoms with Crippen molar-refractivity contribution in [2.24, 2.45) is 5.73 Å². The summed E-state index contributed by atoms with van der Waals surface area (Å²) < 4.78 is 16.3. The van der Waals surface area contributed by atoms with Crippen molar-refractivity contribution in [1.82, 2.24) is 5.32 Å². The molecule has 2 unspecified atom stereocenters. The summed E-state index contributed by atoms with van der Waals surface area (Å²) in [5.41, 5.74) is 5.54. The van der Waals surface area contributed by atoms with Crippen molar-refractivity contribution in [3.05, 3.63) is 0 Å².